The largest absolute Gasteiger partial charge is 0.207 e. The maximum absolute atomic E-state index is 12.4. The summed E-state index contributed by atoms with van der Waals surface area (Å²) in [5.41, 5.74) is 0.725. The maximum Gasteiger partial charge on any atom is 0.123 e. The van der Waals surface area contributed by atoms with E-state index >= 15 is 0 Å². The Balaban J connectivity index is 0.000000364. The average Bonchev–Trinajstić information content (AvgIpc) is 2.03. The zero-order valence-corrected chi connectivity index (χ0v) is 9.05. The third-order valence-corrected chi connectivity index (χ3v) is 1.17. The Morgan fingerprint density at radius 2 is 2.07 bits per heavy atom. The molecule has 1 aromatic rings. The van der Waals surface area contributed by atoms with Gasteiger partial charge in [-0.1, -0.05) is 12.1 Å². The van der Waals surface area contributed by atoms with Gasteiger partial charge in [0, 0.05) is 5.38 Å². The fourth-order valence-electron chi connectivity index (χ4n) is 0.738. The lowest BCUT2D eigenvalue weighted by Crippen LogP contribution is -1.81. The molecule has 1 aromatic carbocycles. The molecule has 1 rings (SSSR count). The highest BCUT2D eigenvalue weighted by molar-refractivity contribution is 6.20. The first-order valence-electron chi connectivity index (χ1n) is 4.31. The highest BCUT2D eigenvalue weighted by Gasteiger charge is 1.91. The predicted molar refractivity (Wildman–Crippen MR) is 56.7 cm³/mol. The molecule has 3 heteroatoms. The van der Waals surface area contributed by atoms with E-state index in [0.717, 1.165) is 5.56 Å². The minimum atomic E-state index is -0.284. The first-order valence-corrected chi connectivity index (χ1v) is 4.75. The molecular weight excluding hydrogens is 201 g/mol. The van der Waals surface area contributed by atoms with Gasteiger partial charge in [0.2, 0.25) is 0 Å². The molecule has 0 atom stereocenters. The van der Waals surface area contributed by atoms with Crippen LogP contribution >= 0.6 is 11.6 Å². The number of benzene rings is 1. The van der Waals surface area contributed by atoms with Crippen LogP contribution in [0.1, 0.15) is 19.4 Å². The first kappa shape index (κ1) is 12.9. The van der Waals surface area contributed by atoms with Gasteiger partial charge in [-0.15, -0.1) is 11.6 Å². The third kappa shape index (κ3) is 7.57. The van der Waals surface area contributed by atoms with Gasteiger partial charge in [0.05, 0.1) is 12.5 Å². The average molecular weight is 214 g/mol. The lowest BCUT2D eigenvalue weighted by molar-refractivity contribution is 0.626. The summed E-state index contributed by atoms with van der Waals surface area (Å²) in [5.74, 6) is -0.284. The third-order valence-electron chi connectivity index (χ3n) is 1.17. The lowest BCUT2D eigenvalue weighted by atomic mass is 10.2. The summed E-state index contributed by atoms with van der Waals surface area (Å²) in [5, 5.41) is 8.54. The molecule has 0 fully saturated rings. The van der Waals surface area contributed by atoms with Crippen molar-refractivity contribution in [3.63, 3.8) is 0 Å². The van der Waals surface area contributed by atoms with Crippen LogP contribution in [0.5, 0.6) is 0 Å². The fraction of sp³-hybridized carbons (Fsp3) is 0.364. The number of rotatable bonds is 1. The topological polar surface area (TPSA) is 23.8 Å². The number of nitrogens with zero attached hydrogens (tertiary/aromatic N) is 1. The van der Waals surface area contributed by atoms with Crippen molar-refractivity contribution >= 4 is 11.6 Å². The van der Waals surface area contributed by atoms with Crippen molar-refractivity contribution in [2.45, 2.75) is 25.6 Å². The normalized spacial score (nSPS) is 8.86. The SMILES string of the molecule is CC(C)Cl.N#CCc1cccc(F)c1. The van der Waals surface area contributed by atoms with Crippen LogP contribution in [0, 0.1) is 17.1 Å². The Morgan fingerprint density at radius 1 is 1.50 bits per heavy atom. The molecule has 0 aliphatic carbocycles. The van der Waals surface area contributed by atoms with Crippen molar-refractivity contribution < 1.29 is 4.39 Å². The summed E-state index contributed by atoms with van der Waals surface area (Å²) < 4.78 is 12.4. The zero-order chi connectivity index (χ0) is 11.0. The quantitative estimate of drug-likeness (QED) is 0.655. The molecule has 0 saturated carbocycles. The van der Waals surface area contributed by atoms with Gasteiger partial charge in [-0.05, 0) is 31.5 Å². The van der Waals surface area contributed by atoms with E-state index in [0.29, 0.717) is 5.38 Å². The first-order chi connectivity index (χ1) is 6.56. The van der Waals surface area contributed by atoms with Gasteiger partial charge >= 0.3 is 0 Å². The second-order valence-electron chi connectivity index (χ2n) is 2.98. The van der Waals surface area contributed by atoms with Crippen molar-refractivity contribution in [3.05, 3.63) is 35.6 Å². The molecule has 0 N–H and O–H groups in total. The Labute approximate surface area is 89.1 Å². The fourth-order valence-corrected chi connectivity index (χ4v) is 0.738. The van der Waals surface area contributed by atoms with E-state index < -0.39 is 0 Å². The van der Waals surface area contributed by atoms with Crippen molar-refractivity contribution in [2.75, 3.05) is 0 Å². The molecule has 0 spiro atoms. The molecule has 0 amide bonds. The van der Waals surface area contributed by atoms with Crippen LogP contribution in [0.25, 0.3) is 0 Å². The van der Waals surface area contributed by atoms with Gasteiger partial charge < -0.3 is 0 Å². The molecule has 0 unspecified atom stereocenters. The summed E-state index contributed by atoms with van der Waals surface area (Å²) in [6, 6.07) is 8.00. The van der Waals surface area contributed by atoms with Crippen LogP contribution in [-0.2, 0) is 6.42 Å². The number of hydrogen-bond acceptors (Lipinski definition) is 1. The Bertz CT molecular complexity index is 302. The van der Waals surface area contributed by atoms with E-state index in [4.69, 9.17) is 16.9 Å². The Hall–Kier alpha value is -1.07. The molecule has 0 bridgehead atoms. The van der Waals surface area contributed by atoms with Gasteiger partial charge in [-0.25, -0.2) is 4.39 Å². The van der Waals surface area contributed by atoms with Crippen LogP contribution in [-0.4, -0.2) is 5.38 Å². The van der Waals surface area contributed by atoms with Crippen LogP contribution in [0.4, 0.5) is 4.39 Å². The molecule has 76 valence electrons. The summed E-state index contributed by atoms with van der Waals surface area (Å²) >= 11 is 5.27. The molecule has 0 aliphatic rings. The van der Waals surface area contributed by atoms with E-state index in [-0.39, 0.29) is 12.2 Å². The monoisotopic (exact) mass is 213 g/mol. The Kier molecular flexibility index (Phi) is 6.78. The summed E-state index contributed by atoms with van der Waals surface area (Å²) in [6.07, 6.45) is 0.276. The van der Waals surface area contributed by atoms with E-state index in [2.05, 4.69) is 0 Å². The summed E-state index contributed by atoms with van der Waals surface area (Å²) in [4.78, 5) is 0. The molecule has 0 radical (unpaired) electrons. The molecule has 0 heterocycles. The maximum atomic E-state index is 12.4. The highest BCUT2D eigenvalue weighted by atomic mass is 35.5. The number of nitriles is 1. The smallest absolute Gasteiger partial charge is 0.123 e. The van der Waals surface area contributed by atoms with Crippen molar-refractivity contribution in [1.82, 2.24) is 0 Å². The van der Waals surface area contributed by atoms with E-state index in [9.17, 15) is 4.39 Å². The van der Waals surface area contributed by atoms with Crippen molar-refractivity contribution in [1.29, 1.82) is 5.26 Å². The van der Waals surface area contributed by atoms with E-state index in [1.165, 1.54) is 12.1 Å². The van der Waals surface area contributed by atoms with Gasteiger partial charge in [-0.3, -0.25) is 0 Å². The molecule has 14 heavy (non-hydrogen) atoms. The van der Waals surface area contributed by atoms with Crippen LogP contribution < -0.4 is 0 Å². The molecule has 0 aliphatic heterocycles. The predicted octanol–water partition coefficient (Wildman–Crippen LogP) is 3.53. The minimum Gasteiger partial charge on any atom is -0.207 e. The van der Waals surface area contributed by atoms with Crippen molar-refractivity contribution in [3.8, 4) is 6.07 Å². The van der Waals surface area contributed by atoms with Gasteiger partial charge in [0.15, 0.2) is 0 Å². The van der Waals surface area contributed by atoms with Gasteiger partial charge in [-0.2, -0.15) is 5.26 Å². The minimum absolute atomic E-state index is 0.276. The van der Waals surface area contributed by atoms with Gasteiger partial charge in [0.1, 0.15) is 5.82 Å². The second-order valence-corrected chi connectivity index (χ2v) is 3.85. The van der Waals surface area contributed by atoms with Crippen LogP contribution in [0.2, 0.25) is 0 Å². The second kappa shape index (κ2) is 7.34. The molecule has 0 saturated heterocycles. The van der Waals surface area contributed by atoms with Crippen LogP contribution in [0.15, 0.2) is 24.3 Å². The van der Waals surface area contributed by atoms with E-state index in [1.54, 1.807) is 12.1 Å². The standard InChI is InChI=1S/C8H6FN.C3H7Cl/c9-8-3-1-2-7(6-8)4-5-10;1-3(2)4/h1-3,6H,4H2;3H,1-2H3. The molecular formula is C11H13ClFN. The van der Waals surface area contributed by atoms with E-state index in [1.807, 2.05) is 19.9 Å². The summed E-state index contributed by atoms with van der Waals surface area (Å²) in [7, 11) is 0. The zero-order valence-electron chi connectivity index (χ0n) is 8.30. The van der Waals surface area contributed by atoms with Crippen LogP contribution in [0.3, 0.4) is 0 Å². The molecule has 1 nitrogen and oxygen atoms in total. The number of hydrogen-bond donors (Lipinski definition) is 0. The Morgan fingerprint density at radius 3 is 2.50 bits per heavy atom. The van der Waals surface area contributed by atoms with Crippen molar-refractivity contribution in [2.24, 2.45) is 0 Å². The number of halogens is 2. The highest BCUT2D eigenvalue weighted by Crippen LogP contribution is 2.02. The molecule has 0 aromatic heterocycles. The number of alkyl halides is 1. The lowest BCUT2D eigenvalue weighted by Gasteiger charge is -1.91. The van der Waals surface area contributed by atoms with Gasteiger partial charge in [0.25, 0.3) is 0 Å². The summed E-state index contributed by atoms with van der Waals surface area (Å²) in [6.45, 7) is 3.86.